The first-order valence-electron chi connectivity index (χ1n) is 7.27. The van der Waals surface area contributed by atoms with Crippen molar-refractivity contribution in [2.75, 3.05) is 13.1 Å². The highest BCUT2D eigenvalue weighted by atomic mass is 16.5. The zero-order valence-electron chi connectivity index (χ0n) is 11.9. The second-order valence-electron chi connectivity index (χ2n) is 5.53. The second kappa shape index (κ2) is 6.09. The van der Waals surface area contributed by atoms with E-state index >= 15 is 0 Å². The lowest BCUT2D eigenvalue weighted by molar-refractivity contribution is 0.325. The van der Waals surface area contributed by atoms with Crippen LogP contribution in [0.3, 0.4) is 0 Å². The summed E-state index contributed by atoms with van der Waals surface area (Å²) in [5, 5.41) is 7.82. The molecule has 4 heteroatoms. The van der Waals surface area contributed by atoms with Crippen molar-refractivity contribution >= 4 is 0 Å². The summed E-state index contributed by atoms with van der Waals surface area (Å²) in [6, 6.07) is 8.07. The third-order valence-corrected chi connectivity index (χ3v) is 3.71. The molecule has 1 aliphatic rings. The third-order valence-electron chi connectivity index (χ3n) is 3.71. The highest BCUT2D eigenvalue weighted by Crippen LogP contribution is 2.21. The van der Waals surface area contributed by atoms with Crippen LogP contribution in [-0.2, 0) is 6.54 Å². The summed E-state index contributed by atoms with van der Waals surface area (Å²) in [6.45, 7) is 5.27. The summed E-state index contributed by atoms with van der Waals surface area (Å²) in [6.07, 6.45) is 6.31. The average molecular weight is 271 g/mol. The van der Waals surface area contributed by atoms with Crippen LogP contribution >= 0.6 is 0 Å². The molecule has 2 heterocycles. The lowest BCUT2D eigenvalue weighted by atomic mass is 10.00. The van der Waals surface area contributed by atoms with Gasteiger partial charge in [0.15, 0.2) is 5.75 Å². The van der Waals surface area contributed by atoms with E-state index in [2.05, 4.69) is 17.3 Å². The van der Waals surface area contributed by atoms with Gasteiger partial charge in [-0.05, 0) is 50.9 Å². The molecule has 0 bridgehead atoms. The molecule has 1 aliphatic heterocycles. The van der Waals surface area contributed by atoms with Gasteiger partial charge in [-0.3, -0.25) is 4.68 Å². The van der Waals surface area contributed by atoms with E-state index in [4.69, 9.17) is 4.74 Å². The fourth-order valence-electron chi connectivity index (χ4n) is 2.58. The number of aromatic nitrogens is 2. The number of nitrogens with one attached hydrogen (secondary N) is 1. The lowest BCUT2D eigenvalue weighted by Crippen LogP contribution is -2.32. The number of piperidine rings is 1. The van der Waals surface area contributed by atoms with Crippen LogP contribution in [0.5, 0.6) is 11.5 Å². The van der Waals surface area contributed by atoms with Crippen LogP contribution in [0.25, 0.3) is 0 Å². The molecular weight excluding hydrogens is 250 g/mol. The maximum atomic E-state index is 5.80. The van der Waals surface area contributed by atoms with Crippen LogP contribution in [0, 0.1) is 12.8 Å². The molecule has 1 saturated heterocycles. The number of hydrogen-bond acceptors (Lipinski definition) is 3. The molecule has 1 fully saturated rings. The molecule has 1 N–H and O–H groups in total. The lowest BCUT2D eigenvalue weighted by Gasteiger charge is -2.22. The minimum Gasteiger partial charge on any atom is -0.454 e. The van der Waals surface area contributed by atoms with Crippen LogP contribution in [-0.4, -0.2) is 22.9 Å². The van der Waals surface area contributed by atoms with Crippen LogP contribution in [0.1, 0.15) is 18.4 Å². The van der Waals surface area contributed by atoms with Crippen molar-refractivity contribution in [1.82, 2.24) is 15.1 Å². The van der Waals surface area contributed by atoms with Crippen molar-refractivity contribution in [1.29, 1.82) is 0 Å². The summed E-state index contributed by atoms with van der Waals surface area (Å²) in [5.41, 5.74) is 1.23. The molecule has 1 aromatic heterocycles. The predicted molar refractivity (Wildman–Crippen MR) is 79.1 cm³/mol. The van der Waals surface area contributed by atoms with Gasteiger partial charge in [0, 0.05) is 6.54 Å². The highest BCUT2D eigenvalue weighted by molar-refractivity contribution is 5.30. The zero-order valence-corrected chi connectivity index (χ0v) is 11.9. The molecule has 2 aromatic rings. The molecule has 3 rings (SSSR count). The summed E-state index contributed by atoms with van der Waals surface area (Å²) < 4.78 is 7.79. The van der Waals surface area contributed by atoms with Crippen LogP contribution in [0.2, 0.25) is 0 Å². The minimum atomic E-state index is 0.677. The van der Waals surface area contributed by atoms with Gasteiger partial charge in [-0.25, -0.2) is 0 Å². The summed E-state index contributed by atoms with van der Waals surface area (Å²) in [7, 11) is 0. The van der Waals surface area contributed by atoms with Crippen LogP contribution in [0.4, 0.5) is 0 Å². The van der Waals surface area contributed by atoms with Gasteiger partial charge in [-0.1, -0.05) is 17.7 Å². The van der Waals surface area contributed by atoms with Crippen molar-refractivity contribution in [2.45, 2.75) is 26.3 Å². The number of hydrogen-bond donors (Lipinski definition) is 1. The van der Waals surface area contributed by atoms with E-state index in [1.807, 2.05) is 35.1 Å². The number of benzene rings is 1. The minimum absolute atomic E-state index is 0.677. The maximum absolute atomic E-state index is 5.80. The number of aryl methyl sites for hydroxylation is 1. The average Bonchev–Trinajstić information content (AvgIpc) is 2.90. The van der Waals surface area contributed by atoms with E-state index in [9.17, 15) is 0 Å². The van der Waals surface area contributed by atoms with Gasteiger partial charge in [0.05, 0.1) is 12.4 Å². The summed E-state index contributed by atoms with van der Waals surface area (Å²) >= 11 is 0. The molecule has 0 spiro atoms. The molecule has 1 atom stereocenters. The Bertz CT molecular complexity index is 541. The van der Waals surface area contributed by atoms with Gasteiger partial charge in [-0.2, -0.15) is 5.10 Å². The molecule has 0 radical (unpaired) electrons. The van der Waals surface area contributed by atoms with E-state index in [1.54, 1.807) is 6.20 Å². The standard InChI is InChI=1S/C16H21N3O/c1-13-4-6-15(7-5-13)20-16-10-18-19(12-16)11-14-3-2-8-17-9-14/h4-7,10,12,14,17H,2-3,8-9,11H2,1H3. The molecular formula is C16H21N3O. The first-order chi connectivity index (χ1) is 9.79. The topological polar surface area (TPSA) is 39.1 Å². The van der Waals surface area contributed by atoms with Crippen LogP contribution in [0.15, 0.2) is 36.7 Å². The SMILES string of the molecule is Cc1ccc(Oc2cnn(CC3CCCNC3)c2)cc1. The Morgan fingerprint density at radius 3 is 2.90 bits per heavy atom. The largest absolute Gasteiger partial charge is 0.454 e. The van der Waals surface area contributed by atoms with Crippen molar-refractivity contribution in [3.05, 3.63) is 42.2 Å². The molecule has 0 amide bonds. The quantitative estimate of drug-likeness (QED) is 0.929. The summed E-state index contributed by atoms with van der Waals surface area (Å²) in [5.74, 6) is 2.34. The van der Waals surface area contributed by atoms with Gasteiger partial charge < -0.3 is 10.1 Å². The Kier molecular flexibility index (Phi) is 4.02. The number of nitrogens with zero attached hydrogens (tertiary/aromatic N) is 2. The van der Waals surface area contributed by atoms with Gasteiger partial charge in [0.25, 0.3) is 0 Å². The van der Waals surface area contributed by atoms with E-state index in [0.29, 0.717) is 5.92 Å². The fourth-order valence-corrected chi connectivity index (χ4v) is 2.58. The van der Waals surface area contributed by atoms with E-state index in [0.717, 1.165) is 31.1 Å². The first-order valence-corrected chi connectivity index (χ1v) is 7.27. The smallest absolute Gasteiger partial charge is 0.165 e. The maximum Gasteiger partial charge on any atom is 0.165 e. The van der Waals surface area contributed by atoms with E-state index in [-0.39, 0.29) is 0 Å². The predicted octanol–water partition coefficient (Wildman–Crippen LogP) is 2.98. The molecule has 106 valence electrons. The van der Waals surface area contributed by atoms with E-state index in [1.165, 1.54) is 18.4 Å². The van der Waals surface area contributed by atoms with Gasteiger partial charge in [0.2, 0.25) is 0 Å². The normalized spacial score (nSPS) is 18.9. The molecule has 20 heavy (non-hydrogen) atoms. The van der Waals surface area contributed by atoms with Gasteiger partial charge in [-0.15, -0.1) is 0 Å². The Morgan fingerprint density at radius 2 is 2.15 bits per heavy atom. The summed E-state index contributed by atoms with van der Waals surface area (Å²) in [4.78, 5) is 0. The fraction of sp³-hybridized carbons (Fsp3) is 0.438. The molecule has 0 aliphatic carbocycles. The molecule has 4 nitrogen and oxygen atoms in total. The molecule has 1 aromatic carbocycles. The Morgan fingerprint density at radius 1 is 1.30 bits per heavy atom. The van der Waals surface area contributed by atoms with Crippen molar-refractivity contribution in [3.8, 4) is 11.5 Å². The zero-order chi connectivity index (χ0) is 13.8. The molecule has 0 saturated carbocycles. The number of ether oxygens (including phenoxy) is 1. The molecule has 1 unspecified atom stereocenters. The second-order valence-corrected chi connectivity index (χ2v) is 5.53. The monoisotopic (exact) mass is 271 g/mol. The van der Waals surface area contributed by atoms with Crippen molar-refractivity contribution in [3.63, 3.8) is 0 Å². The van der Waals surface area contributed by atoms with Crippen molar-refractivity contribution in [2.24, 2.45) is 5.92 Å². The highest BCUT2D eigenvalue weighted by Gasteiger charge is 2.14. The third kappa shape index (κ3) is 3.39. The number of rotatable bonds is 4. The van der Waals surface area contributed by atoms with Crippen LogP contribution < -0.4 is 10.1 Å². The van der Waals surface area contributed by atoms with Crippen molar-refractivity contribution < 1.29 is 4.74 Å². The Hall–Kier alpha value is -1.81. The Balaban J connectivity index is 1.60. The van der Waals surface area contributed by atoms with Gasteiger partial charge >= 0.3 is 0 Å². The Labute approximate surface area is 119 Å². The van der Waals surface area contributed by atoms with E-state index < -0.39 is 0 Å². The van der Waals surface area contributed by atoms with Gasteiger partial charge in [0.1, 0.15) is 5.75 Å². The first kappa shape index (κ1) is 13.2.